The van der Waals surface area contributed by atoms with Gasteiger partial charge >= 0.3 is 5.97 Å². The lowest BCUT2D eigenvalue weighted by molar-refractivity contribution is -0.122. The minimum Gasteiger partial charge on any atom is -0.462 e. The van der Waals surface area contributed by atoms with Crippen molar-refractivity contribution in [3.05, 3.63) is 43.3 Å². The normalized spacial score (nSPS) is 14.8. The van der Waals surface area contributed by atoms with Crippen LogP contribution in [0.4, 0.5) is 5.00 Å². The van der Waals surface area contributed by atoms with Crippen LogP contribution in [0.1, 0.15) is 57.2 Å². The van der Waals surface area contributed by atoms with E-state index < -0.39 is 5.97 Å². The molecule has 0 bridgehead atoms. The number of carbonyl (C=O) groups excluding carboxylic acids is 4. The van der Waals surface area contributed by atoms with Crippen molar-refractivity contribution in [2.75, 3.05) is 18.5 Å². The molecule has 1 fully saturated rings. The average Bonchev–Trinajstić information content (AvgIpc) is 3.43. The number of thiophene rings is 2. The number of hydrogen-bond donors (Lipinski definition) is 1. The van der Waals surface area contributed by atoms with E-state index in [0.717, 1.165) is 16.2 Å². The lowest BCUT2D eigenvalue weighted by Crippen LogP contribution is -2.29. The predicted molar refractivity (Wildman–Crippen MR) is 137 cm³/mol. The van der Waals surface area contributed by atoms with E-state index in [1.165, 1.54) is 34.9 Å². The number of esters is 1. The van der Waals surface area contributed by atoms with Gasteiger partial charge in [-0.25, -0.2) is 4.79 Å². The Labute approximate surface area is 209 Å². The molecule has 174 valence electrons. The van der Waals surface area contributed by atoms with E-state index >= 15 is 0 Å². The molecular formula is C22H22N2O5S4. The highest BCUT2D eigenvalue weighted by Gasteiger charge is 2.32. The van der Waals surface area contributed by atoms with Gasteiger partial charge in [-0.15, -0.1) is 22.7 Å². The van der Waals surface area contributed by atoms with Gasteiger partial charge in [0.15, 0.2) is 5.78 Å². The first-order chi connectivity index (χ1) is 15.7. The highest BCUT2D eigenvalue weighted by molar-refractivity contribution is 8.26. The summed E-state index contributed by atoms with van der Waals surface area (Å²) in [6.07, 6.45) is 2.33. The fourth-order valence-corrected chi connectivity index (χ4v) is 6.31. The van der Waals surface area contributed by atoms with Crippen LogP contribution in [0.2, 0.25) is 0 Å². The third kappa shape index (κ3) is 5.97. The van der Waals surface area contributed by atoms with Gasteiger partial charge in [-0.05, 0) is 50.3 Å². The van der Waals surface area contributed by atoms with E-state index in [0.29, 0.717) is 37.6 Å². The van der Waals surface area contributed by atoms with Gasteiger partial charge in [0.05, 0.1) is 22.0 Å². The zero-order chi connectivity index (χ0) is 24.1. The molecule has 2 amide bonds. The number of thioether (sulfide) groups is 1. The molecule has 0 spiro atoms. The number of nitrogens with one attached hydrogen (secondary N) is 1. The van der Waals surface area contributed by atoms with E-state index in [-0.39, 0.29) is 36.2 Å². The van der Waals surface area contributed by atoms with Gasteiger partial charge < -0.3 is 10.1 Å². The van der Waals surface area contributed by atoms with Crippen molar-refractivity contribution in [1.29, 1.82) is 0 Å². The Balaban J connectivity index is 1.61. The smallest absolute Gasteiger partial charge is 0.341 e. The maximum atomic E-state index is 12.7. The Bertz CT molecular complexity index is 1130. The summed E-state index contributed by atoms with van der Waals surface area (Å²) >= 11 is 9.18. The Hall–Kier alpha value is -2.34. The number of carbonyl (C=O) groups is 4. The number of ketones is 1. The van der Waals surface area contributed by atoms with E-state index in [9.17, 15) is 19.2 Å². The second-order valence-corrected chi connectivity index (χ2v) is 10.7. The number of anilines is 1. The second kappa shape index (κ2) is 11.2. The third-order valence-corrected chi connectivity index (χ3v) is 8.18. The molecule has 0 unspecified atom stereocenters. The number of rotatable bonds is 9. The number of thiocarbonyl (C=S) groups is 1. The molecular weight excluding hydrogens is 501 g/mol. The molecule has 0 radical (unpaired) electrons. The first kappa shape index (κ1) is 25.3. The van der Waals surface area contributed by atoms with Crippen molar-refractivity contribution in [2.45, 2.75) is 33.6 Å². The Morgan fingerprint density at radius 3 is 2.70 bits per heavy atom. The van der Waals surface area contributed by atoms with E-state index in [4.69, 9.17) is 17.0 Å². The van der Waals surface area contributed by atoms with Crippen molar-refractivity contribution in [3.8, 4) is 0 Å². The molecule has 1 N–H and O–H groups in total. The summed E-state index contributed by atoms with van der Waals surface area (Å²) in [5.74, 6) is -1.25. The van der Waals surface area contributed by atoms with Crippen molar-refractivity contribution in [1.82, 2.24) is 4.90 Å². The fourth-order valence-electron chi connectivity index (χ4n) is 3.17. The van der Waals surface area contributed by atoms with Crippen LogP contribution in [0.5, 0.6) is 0 Å². The minimum atomic E-state index is -0.579. The van der Waals surface area contributed by atoms with Gasteiger partial charge in [0.1, 0.15) is 9.32 Å². The number of nitrogens with zero attached hydrogens (tertiary/aromatic N) is 1. The Morgan fingerprint density at radius 2 is 2.06 bits per heavy atom. The lowest BCUT2D eigenvalue weighted by atomic mass is 10.1. The molecule has 7 nitrogen and oxygen atoms in total. The quantitative estimate of drug-likeness (QED) is 0.212. The first-order valence-electron chi connectivity index (χ1n) is 10.1. The monoisotopic (exact) mass is 522 g/mol. The van der Waals surface area contributed by atoms with E-state index in [2.05, 4.69) is 5.32 Å². The Kier molecular flexibility index (Phi) is 8.57. The molecule has 1 aliphatic rings. The van der Waals surface area contributed by atoms with Gasteiger partial charge in [-0.2, -0.15) is 0 Å². The minimum absolute atomic E-state index is 0.121. The molecule has 11 heteroatoms. The summed E-state index contributed by atoms with van der Waals surface area (Å²) < 4.78 is 5.55. The van der Waals surface area contributed by atoms with Gasteiger partial charge in [-0.1, -0.05) is 30.0 Å². The predicted octanol–water partition coefficient (Wildman–Crippen LogP) is 5.12. The molecule has 0 saturated carbocycles. The fraction of sp³-hybridized carbons (Fsp3) is 0.318. The zero-order valence-electron chi connectivity index (χ0n) is 18.3. The van der Waals surface area contributed by atoms with Crippen LogP contribution in [-0.2, 0) is 14.3 Å². The number of amides is 2. The molecule has 3 heterocycles. The summed E-state index contributed by atoms with van der Waals surface area (Å²) in [6.45, 7) is 5.25. The SMILES string of the molecule is CCOC(=O)c1c(NC(=O)CCCN2C(=O)/C(=C\c3cccs3)SC2=S)sc(C(C)=O)c1C. The van der Waals surface area contributed by atoms with Crippen molar-refractivity contribution in [3.63, 3.8) is 0 Å². The number of hydrogen-bond acceptors (Lipinski definition) is 9. The maximum Gasteiger partial charge on any atom is 0.341 e. The molecule has 0 aliphatic carbocycles. The van der Waals surface area contributed by atoms with Crippen molar-refractivity contribution < 1.29 is 23.9 Å². The van der Waals surface area contributed by atoms with Crippen LogP contribution in [0.15, 0.2) is 22.4 Å². The maximum absolute atomic E-state index is 12.7. The number of Topliss-reactive ketones (excluding diaryl/α,β-unsaturated/α-hetero) is 1. The van der Waals surface area contributed by atoms with Crippen LogP contribution >= 0.6 is 46.7 Å². The summed E-state index contributed by atoms with van der Waals surface area (Å²) in [5, 5.41) is 4.96. The first-order valence-corrected chi connectivity index (χ1v) is 13.0. The third-order valence-electron chi connectivity index (χ3n) is 4.67. The molecule has 0 atom stereocenters. The van der Waals surface area contributed by atoms with Gasteiger partial charge in [0, 0.05) is 17.8 Å². The average molecular weight is 523 g/mol. The van der Waals surface area contributed by atoms with Gasteiger partial charge in [0.25, 0.3) is 5.91 Å². The Morgan fingerprint density at radius 1 is 1.30 bits per heavy atom. The highest BCUT2D eigenvalue weighted by atomic mass is 32.2. The highest BCUT2D eigenvalue weighted by Crippen LogP contribution is 2.35. The molecule has 0 aromatic carbocycles. The lowest BCUT2D eigenvalue weighted by Gasteiger charge is -2.14. The molecule has 2 aromatic rings. The van der Waals surface area contributed by atoms with Crippen LogP contribution in [0.3, 0.4) is 0 Å². The van der Waals surface area contributed by atoms with Crippen LogP contribution in [0, 0.1) is 6.92 Å². The van der Waals surface area contributed by atoms with Gasteiger partial charge in [-0.3, -0.25) is 19.3 Å². The molecule has 1 aliphatic heterocycles. The van der Waals surface area contributed by atoms with Crippen LogP contribution < -0.4 is 5.32 Å². The standard InChI is InChI=1S/C22H22N2O5S4/c1-4-29-21(28)17-12(2)18(13(3)25)33-19(17)23-16(26)8-5-9-24-20(27)15(32-22(24)30)11-14-7-6-10-31-14/h6-7,10-11H,4-5,8-9H2,1-3H3,(H,23,26)/b15-11+. The second-order valence-electron chi connectivity index (χ2n) is 7.04. The largest absolute Gasteiger partial charge is 0.462 e. The summed E-state index contributed by atoms with van der Waals surface area (Å²) in [6, 6.07) is 3.84. The van der Waals surface area contributed by atoms with Crippen molar-refractivity contribution in [2.24, 2.45) is 0 Å². The van der Waals surface area contributed by atoms with E-state index in [1.807, 2.05) is 23.6 Å². The van der Waals surface area contributed by atoms with Crippen molar-refractivity contribution >= 4 is 85.6 Å². The molecule has 33 heavy (non-hydrogen) atoms. The zero-order valence-corrected chi connectivity index (χ0v) is 21.5. The molecule has 3 rings (SSSR count). The summed E-state index contributed by atoms with van der Waals surface area (Å²) in [7, 11) is 0. The molecule has 2 aromatic heterocycles. The summed E-state index contributed by atoms with van der Waals surface area (Å²) in [4.78, 5) is 52.9. The molecule has 1 saturated heterocycles. The number of ether oxygens (including phenoxy) is 1. The summed E-state index contributed by atoms with van der Waals surface area (Å²) in [5.41, 5.74) is 0.701. The van der Waals surface area contributed by atoms with Crippen LogP contribution in [0.25, 0.3) is 6.08 Å². The van der Waals surface area contributed by atoms with E-state index in [1.54, 1.807) is 13.8 Å². The topological polar surface area (TPSA) is 92.8 Å². The van der Waals surface area contributed by atoms with Crippen LogP contribution in [-0.4, -0.2) is 45.9 Å². The van der Waals surface area contributed by atoms with Gasteiger partial charge in [0.2, 0.25) is 5.91 Å².